The third-order valence-electron chi connectivity index (χ3n) is 4.37. The summed E-state index contributed by atoms with van der Waals surface area (Å²) in [6.07, 6.45) is 6.49. The molecule has 7 heteroatoms. The predicted molar refractivity (Wildman–Crippen MR) is 117 cm³/mol. The summed E-state index contributed by atoms with van der Waals surface area (Å²) in [4.78, 5) is 32.0. The number of aromatic nitrogens is 3. The van der Waals surface area contributed by atoms with Crippen molar-refractivity contribution < 1.29 is 9.59 Å². The fraction of sp³-hybridized carbons (Fsp3) is 0.0435. The van der Waals surface area contributed by atoms with E-state index in [4.69, 9.17) is 0 Å². The van der Waals surface area contributed by atoms with E-state index >= 15 is 0 Å². The van der Waals surface area contributed by atoms with Gasteiger partial charge in [-0.25, -0.2) is 9.97 Å². The minimum atomic E-state index is -0.261. The summed E-state index contributed by atoms with van der Waals surface area (Å²) in [5, 5.41) is 5.49. The minimum absolute atomic E-state index is 0.126. The lowest BCUT2D eigenvalue weighted by molar-refractivity contribution is -0.114. The number of pyridine rings is 1. The smallest absolute Gasteiger partial charge is 0.248 e. The zero-order valence-corrected chi connectivity index (χ0v) is 16.2. The molecule has 2 heterocycles. The van der Waals surface area contributed by atoms with Crippen LogP contribution in [-0.4, -0.2) is 26.3 Å². The van der Waals surface area contributed by atoms with Gasteiger partial charge in [0.1, 0.15) is 12.1 Å². The van der Waals surface area contributed by atoms with Gasteiger partial charge in [0.05, 0.1) is 22.9 Å². The lowest BCUT2D eigenvalue weighted by Crippen LogP contribution is -2.08. The Morgan fingerprint density at radius 2 is 1.67 bits per heavy atom. The molecule has 148 valence electrons. The maximum absolute atomic E-state index is 12.2. The van der Waals surface area contributed by atoms with Crippen molar-refractivity contribution in [1.82, 2.24) is 14.5 Å². The number of nitrogens with zero attached hydrogens (tertiary/aromatic N) is 3. The molecule has 0 aliphatic carbocycles. The van der Waals surface area contributed by atoms with Crippen LogP contribution in [0.5, 0.6) is 0 Å². The van der Waals surface area contributed by atoms with Crippen LogP contribution in [0.1, 0.15) is 12.5 Å². The highest BCUT2D eigenvalue weighted by molar-refractivity contribution is 6.01. The molecule has 0 spiro atoms. The number of hydrogen-bond donors (Lipinski definition) is 2. The second-order valence-corrected chi connectivity index (χ2v) is 6.63. The molecule has 7 nitrogen and oxygen atoms in total. The third-order valence-corrected chi connectivity index (χ3v) is 4.37. The van der Waals surface area contributed by atoms with Crippen LogP contribution in [0.15, 0.2) is 79.3 Å². The van der Waals surface area contributed by atoms with Crippen LogP contribution in [0, 0.1) is 0 Å². The van der Waals surface area contributed by atoms with Crippen LogP contribution in [0.4, 0.5) is 11.4 Å². The largest absolute Gasteiger partial charge is 0.326 e. The van der Waals surface area contributed by atoms with Crippen LogP contribution in [0.25, 0.3) is 22.9 Å². The van der Waals surface area contributed by atoms with Crippen LogP contribution in [0.3, 0.4) is 0 Å². The van der Waals surface area contributed by atoms with E-state index in [1.807, 2.05) is 47.0 Å². The number of imidazole rings is 1. The molecular formula is C23H19N5O2. The highest BCUT2D eigenvalue weighted by Gasteiger charge is 2.05. The molecule has 0 bridgehead atoms. The summed E-state index contributed by atoms with van der Waals surface area (Å²) in [7, 11) is 0. The number of para-hydroxylation sites is 2. The van der Waals surface area contributed by atoms with Gasteiger partial charge in [0, 0.05) is 18.7 Å². The van der Waals surface area contributed by atoms with E-state index in [9.17, 15) is 9.59 Å². The van der Waals surface area contributed by atoms with Gasteiger partial charge < -0.3 is 10.6 Å². The van der Waals surface area contributed by atoms with E-state index in [1.165, 1.54) is 13.0 Å². The average molecular weight is 397 g/mol. The summed E-state index contributed by atoms with van der Waals surface area (Å²) < 4.78 is 1.89. The molecule has 30 heavy (non-hydrogen) atoms. The number of carbonyl (C=O) groups is 2. The van der Waals surface area contributed by atoms with Crippen molar-refractivity contribution in [3.8, 4) is 5.82 Å². The van der Waals surface area contributed by atoms with E-state index in [2.05, 4.69) is 20.6 Å². The normalized spacial score (nSPS) is 11.0. The molecule has 0 unspecified atom stereocenters. The second-order valence-electron chi connectivity index (χ2n) is 6.63. The molecule has 2 amide bonds. The van der Waals surface area contributed by atoms with Crippen molar-refractivity contribution in [3.05, 3.63) is 84.8 Å². The second kappa shape index (κ2) is 8.40. The zero-order valence-electron chi connectivity index (χ0n) is 16.2. The fourth-order valence-corrected chi connectivity index (χ4v) is 2.98. The number of benzene rings is 2. The van der Waals surface area contributed by atoms with Crippen LogP contribution >= 0.6 is 0 Å². The molecule has 0 radical (unpaired) electrons. The van der Waals surface area contributed by atoms with Gasteiger partial charge in [0.25, 0.3) is 0 Å². The average Bonchev–Trinajstić information content (AvgIpc) is 3.18. The van der Waals surface area contributed by atoms with Crippen LogP contribution in [-0.2, 0) is 9.59 Å². The van der Waals surface area contributed by atoms with Gasteiger partial charge in [-0.2, -0.15) is 0 Å². The standard InChI is InChI=1S/C23H19N5O2/c1-16(29)26-18-9-6-17(7-10-18)8-13-23(30)27-19-11-12-22(24-14-19)28-15-25-20-4-2-3-5-21(20)28/h2-15H,1H3,(H,26,29)(H,27,30)/b13-8+. The molecule has 0 aliphatic heterocycles. The number of hydrogen-bond acceptors (Lipinski definition) is 4. The number of amides is 2. The van der Waals surface area contributed by atoms with Gasteiger partial charge in [-0.3, -0.25) is 14.2 Å². The summed E-state index contributed by atoms with van der Waals surface area (Å²) in [5.41, 5.74) is 4.01. The Bertz CT molecular complexity index is 1220. The number of anilines is 2. The van der Waals surface area contributed by atoms with E-state index in [-0.39, 0.29) is 11.8 Å². The first-order valence-corrected chi connectivity index (χ1v) is 9.34. The first kappa shape index (κ1) is 19.1. The van der Waals surface area contributed by atoms with Gasteiger partial charge in [0.2, 0.25) is 11.8 Å². The van der Waals surface area contributed by atoms with Crippen molar-refractivity contribution in [2.75, 3.05) is 10.6 Å². The molecule has 2 aromatic carbocycles. The highest BCUT2D eigenvalue weighted by Crippen LogP contribution is 2.17. The Balaban J connectivity index is 1.40. The minimum Gasteiger partial charge on any atom is -0.326 e. The van der Waals surface area contributed by atoms with Crippen LogP contribution < -0.4 is 10.6 Å². The zero-order chi connectivity index (χ0) is 20.9. The van der Waals surface area contributed by atoms with Gasteiger partial charge in [-0.15, -0.1) is 0 Å². The van der Waals surface area contributed by atoms with E-state index in [0.29, 0.717) is 11.4 Å². The SMILES string of the molecule is CC(=O)Nc1ccc(/C=C/C(=O)Nc2ccc(-n3cnc4ccccc43)nc2)cc1. The van der Waals surface area contributed by atoms with E-state index in [0.717, 1.165) is 22.4 Å². The first-order chi connectivity index (χ1) is 14.6. The Morgan fingerprint density at radius 3 is 2.40 bits per heavy atom. The maximum Gasteiger partial charge on any atom is 0.248 e. The Hall–Kier alpha value is -4.26. The van der Waals surface area contributed by atoms with Crippen molar-refractivity contribution >= 4 is 40.3 Å². The molecule has 4 aromatic rings. The van der Waals surface area contributed by atoms with Crippen molar-refractivity contribution in [1.29, 1.82) is 0 Å². The van der Waals surface area contributed by atoms with Gasteiger partial charge in [0.15, 0.2) is 0 Å². The maximum atomic E-state index is 12.2. The number of carbonyl (C=O) groups excluding carboxylic acids is 2. The quantitative estimate of drug-likeness (QED) is 0.498. The van der Waals surface area contributed by atoms with E-state index in [1.54, 1.807) is 36.8 Å². The summed E-state index contributed by atoms with van der Waals surface area (Å²) in [5.74, 6) is 0.332. The van der Waals surface area contributed by atoms with Crippen molar-refractivity contribution in [3.63, 3.8) is 0 Å². The summed E-state index contributed by atoms with van der Waals surface area (Å²) >= 11 is 0. The van der Waals surface area contributed by atoms with Crippen molar-refractivity contribution in [2.24, 2.45) is 0 Å². The molecule has 2 N–H and O–H groups in total. The highest BCUT2D eigenvalue weighted by atomic mass is 16.2. The lowest BCUT2D eigenvalue weighted by atomic mass is 10.2. The molecular weight excluding hydrogens is 378 g/mol. The lowest BCUT2D eigenvalue weighted by Gasteiger charge is -2.06. The van der Waals surface area contributed by atoms with Crippen molar-refractivity contribution in [2.45, 2.75) is 6.92 Å². The number of rotatable bonds is 5. The van der Waals surface area contributed by atoms with E-state index < -0.39 is 0 Å². The molecule has 0 saturated carbocycles. The van der Waals surface area contributed by atoms with Gasteiger partial charge >= 0.3 is 0 Å². The van der Waals surface area contributed by atoms with Crippen LogP contribution in [0.2, 0.25) is 0 Å². The molecule has 0 saturated heterocycles. The predicted octanol–water partition coefficient (Wildman–Crippen LogP) is 4.03. The summed E-state index contributed by atoms with van der Waals surface area (Å²) in [6, 6.07) is 18.6. The Kier molecular flexibility index (Phi) is 5.34. The first-order valence-electron chi connectivity index (χ1n) is 9.34. The molecule has 4 rings (SSSR count). The third kappa shape index (κ3) is 4.41. The molecule has 0 aliphatic rings. The molecule has 0 atom stereocenters. The topological polar surface area (TPSA) is 88.9 Å². The Morgan fingerprint density at radius 1 is 0.900 bits per heavy atom. The van der Waals surface area contributed by atoms with Gasteiger partial charge in [-0.1, -0.05) is 24.3 Å². The molecule has 2 aromatic heterocycles. The van der Waals surface area contributed by atoms with Gasteiger partial charge in [-0.05, 0) is 48.0 Å². The monoisotopic (exact) mass is 397 g/mol. The number of fused-ring (bicyclic) bond motifs is 1. The summed E-state index contributed by atoms with van der Waals surface area (Å²) in [6.45, 7) is 1.46. The molecule has 0 fully saturated rings. The fourth-order valence-electron chi connectivity index (χ4n) is 2.98. The Labute approximate surface area is 173 Å². The number of nitrogens with one attached hydrogen (secondary N) is 2.